The van der Waals surface area contributed by atoms with E-state index in [2.05, 4.69) is 0 Å². The van der Waals surface area contributed by atoms with Crippen LogP contribution in [-0.4, -0.2) is 31.3 Å². The Balaban J connectivity index is 3.42. The summed E-state index contributed by atoms with van der Waals surface area (Å²) in [5.41, 5.74) is 5.17. The fraction of sp³-hybridized carbons (Fsp3) is 0.364. The van der Waals surface area contributed by atoms with Crippen molar-refractivity contribution in [2.45, 2.75) is 18.2 Å². The average molecular weight is 290 g/mol. The van der Waals surface area contributed by atoms with Gasteiger partial charge in [-0.3, -0.25) is 0 Å². The van der Waals surface area contributed by atoms with Gasteiger partial charge in [-0.2, -0.15) is 0 Å². The van der Waals surface area contributed by atoms with Crippen molar-refractivity contribution >= 4 is 27.2 Å². The number of nitrogens with two attached hydrogens (primary N) is 1. The van der Waals surface area contributed by atoms with E-state index in [0.717, 1.165) is 10.4 Å². The Morgan fingerprint density at radius 3 is 2.61 bits per heavy atom. The van der Waals surface area contributed by atoms with Gasteiger partial charge in [-0.05, 0) is 18.6 Å². The Morgan fingerprint density at radius 1 is 1.50 bits per heavy atom. The molecule has 0 spiro atoms. The highest BCUT2D eigenvalue weighted by molar-refractivity contribution is 7.89. The summed E-state index contributed by atoms with van der Waals surface area (Å²) in [5, 5.41) is 0. The molecule has 0 saturated heterocycles. The summed E-state index contributed by atoms with van der Waals surface area (Å²) >= 11 is 4.71. The molecule has 1 rings (SSSR count). The van der Waals surface area contributed by atoms with Crippen molar-refractivity contribution in [3.8, 4) is 0 Å². The van der Waals surface area contributed by atoms with Crippen molar-refractivity contribution in [3.05, 3.63) is 29.6 Å². The lowest BCUT2D eigenvalue weighted by Gasteiger charge is -2.18. The van der Waals surface area contributed by atoms with Crippen LogP contribution in [0.5, 0.6) is 0 Å². The van der Waals surface area contributed by atoms with Crippen LogP contribution in [0, 0.1) is 5.82 Å². The SMILES string of the molecule is CCCN(C)S(=O)(=O)c1cccc(F)c1C(N)=S. The lowest BCUT2D eigenvalue weighted by molar-refractivity contribution is 0.467. The first-order valence-corrected chi connectivity index (χ1v) is 7.21. The second-order valence-electron chi connectivity index (χ2n) is 3.80. The molecule has 100 valence electrons. The molecule has 2 N–H and O–H groups in total. The van der Waals surface area contributed by atoms with Crippen molar-refractivity contribution in [3.63, 3.8) is 0 Å². The lowest BCUT2D eigenvalue weighted by Crippen LogP contribution is -2.30. The number of hydrogen-bond acceptors (Lipinski definition) is 3. The van der Waals surface area contributed by atoms with Crippen LogP contribution in [-0.2, 0) is 10.0 Å². The monoisotopic (exact) mass is 290 g/mol. The summed E-state index contributed by atoms with van der Waals surface area (Å²) in [7, 11) is -2.34. The molecular weight excluding hydrogens is 275 g/mol. The molecule has 4 nitrogen and oxygen atoms in total. The van der Waals surface area contributed by atoms with Crippen molar-refractivity contribution in [1.29, 1.82) is 0 Å². The van der Waals surface area contributed by atoms with Gasteiger partial charge < -0.3 is 5.73 Å². The molecule has 18 heavy (non-hydrogen) atoms. The summed E-state index contributed by atoms with van der Waals surface area (Å²) in [6, 6.07) is 3.76. The molecule has 0 aromatic heterocycles. The number of hydrogen-bond donors (Lipinski definition) is 1. The molecule has 0 atom stereocenters. The second-order valence-corrected chi connectivity index (χ2v) is 6.26. The normalized spacial score (nSPS) is 11.8. The number of nitrogens with zero attached hydrogens (tertiary/aromatic N) is 1. The van der Waals surface area contributed by atoms with Crippen molar-refractivity contribution < 1.29 is 12.8 Å². The maximum atomic E-state index is 13.6. The third-order valence-corrected chi connectivity index (χ3v) is 4.55. The molecule has 0 aliphatic heterocycles. The predicted octanol–water partition coefficient (Wildman–Crippen LogP) is 1.49. The quantitative estimate of drug-likeness (QED) is 0.835. The van der Waals surface area contributed by atoms with Crippen LogP contribution in [0.25, 0.3) is 0 Å². The Labute approximate surface area is 112 Å². The van der Waals surface area contributed by atoms with Crippen LogP contribution in [0.1, 0.15) is 18.9 Å². The van der Waals surface area contributed by atoms with Crippen LogP contribution >= 0.6 is 12.2 Å². The first-order chi connectivity index (χ1) is 8.32. The Hall–Kier alpha value is -1.05. The summed E-state index contributed by atoms with van der Waals surface area (Å²) in [6.45, 7) is 2.20. The molecule has 0 fully saturated rings. The highest BCUT2D eigenvalue weighted by Gasteiger charge is 2.26. The molecule has 0 amide bonds. The molecule has 7 heteroatoms. The van der Waals surface area contributed by atoms with E-state index in [4.69, 9.17) is 18.0 Å². The van der Waals surface area contributed by atoms with Gasteiger partial charge >= 0.3 is 0 Å². The molecular formula is C11H15FN2O2S2. The Kier molecular flexibility index (Phi) is 4.78. The largest absolute Gasteiger partial charge is 0.389 e. The lowest BCUT2D eigenvalue weighted by atomic mass is 10.2. The predicted molar refractivity (Wildman–Crippen MR) is 72.4 cm³/mol. The van der Waals surface area contributed by atoms with E-state index >= 15 is 0 Å². The van der Waals surface area contributed by atoms with E-state index < -0.39 is 15.8 Å². The molecule has 1 aromatic rings. The van der Waals surface area contributed by atoms with Gasteiger partial charge in [-0.25, -0.2) is 17.1 Å². The number of rotatable bonds is 5. The standard InChI is InChI=1S/C11H15FN2O2S2/c1-3-7-14(2)18(15,16)9-6-4-5-8(12)10(9)11(13)17/h4-6H,3,7H2,1-2H3,(H2,13,17). The zero-order chi connectivity index (χ0) is 13.9. The van der Waals surface area contributed by atoms with E-state index in [1.807, 2.05) is 6.92 Å². The number of halogens is 1. The highest BCUT2D eigenvalue weighted by atomic mass is 32.2. The third-order valence-electron chi connectivity index (χ3n) is 2.45. The molecule has 0 bridgehead atoms. The topological polar surface area (TPSA) is 63.4 Å². The number of sulfonamides is 1. The second kappa shape index (κ2) is 5.73. The van der Waals surface area contributed by atoms with E-state index in [-0.39, 0.29) is 15.4 Å². The van der Waals surface area contributed by atoms with Gasteiger partial charge in [0, 0.05) is 13.6 Å². The minimum Gasteiger partial charge on any atom is -0.389 e. The van der Waals surface area contributed by atoms with E-state index in [1.54, 1.807) is 0 Å². The summed E-state index contributed by atoms with van der Waals surface area (Å²) < 4.78 is 39.3. The first-order valence-electron chi connectivity index (χ1n) is 5.37. The molecule has 1 aromatic carbocycles. The Bertz CT molecular complexity index is 558. The van der Waals surface area contributed by atoms with Gasteiger partial charge in [0.2, 0.25) is 10.0 Å². The molecule has 0 saturated carbocycles. The van der Waals surface area contributed by atoms with Gasteiger partial charge in [0.25, 0.3) is 0 Å². The van der Waals surface area contributed by atoms with Crippen molar-refractivity contribution in [1.82, 2.24) is 4.31 Å². The third kappa shape index (κ3) is 2.85. The van der Waals surface area contributed by atoms with Crippen LogP contribution in [0.3, 0.4) is 0 Å². The average Bonchev–Trinajstić information content (AvgIpc) is 2.28. The number of thiocarbonyl (C=S) groups is 1. The van der Waals surface area contributed by atoms with Crippen LogP contribution < -0.4 is 5.73 Å². The van der Waals surface area contributed by atoms with E-state index in [0.29, 0.717) is 13.0 Å². The molecule has 0 unspecified atom stereocenters. The molecule has 0 heterocycles. The summed E-state index contributed by atoms with van der Waals surface area (Å²) in [5.74, 6) is -0.728. The minimum absolute atomic E-state index is 0.189. The smallest absolute Gasteiger partial charge is 0.243 e. The maximum absolute atomic E-state index is 13.6. The number of benzene rings is 1. The van der Waals surface area contributed by atoms with Gasteiger partial charge in [0.1, 0.15) is 10.8 Å². The fourth-order valence-corrected chi connectivity index (χ4v) is 3.31. The molecule has 0 radical (unpaired) electrons. The van der Waals surface area contributed by atoms with Crippen molar-refractivity contribution in [2.24, 2.45) is 5.73 Å². The first kappa shape index (κ1) is 15.0. The Morgan fingerprint density at radius 2 is 2.11 bits per heavy atom. The minimum atomic E-state index is -3.77. The molecule has 0 aliphatic carbocycles. The van der Waals surface area contributed by atoms with Crippen molar-refractivity contribution in [2.75, 3.05) is 13.6 Å². The maximum Gasteiger partial charge on any atom is 0.243 e. The summed E-state index contributed by atoms with van der Waals surface area (Å²) in [6.07, 6.45) is 0.660. The van der Waals surface area contributed by atoms with E-state index in [1.165, 1.54) is 19.2 Å². The van der Waals surface area contributed by atoms with Crippen LogP contribution in [0.15, 0.2) is 23.1 Å². The van der Waals surface area contributed by atoms with Crippen LogP contribution in [0.4, 0.5) is 4.39 Å². The zero-order valence-electron chi connectivity index (χ0n) is 10.2. The van der Waals surface area contributed by atoms with Gasteiger partial charge in [0.05, 0.1) is 10.5 Å². The van der Waals surface area contributed by atoms with Gasteiger partial charge in [0.15, 0.2) is 0 Å². The van der Waals surface area contributed by atoms with Gasteiger partial charge in [-0.1, -0.05) is 25.2 Å². The summed E-state index contributed by atoms with van der Waals surface area (Å²) in [4.78, 5) is -0.456. The van der Waals surface area contributed by atoms with Gasteiger partial charge in [-0.15, -0.1) is 0 Å². The molecule has 0 aliphatic rings. The highest BCUT2D eigenvalue weighted by Crippen LogP contribution is 2.22. The fourth-order valence-electron chi connectivity index (χ4n) is 1.56. The van der Waals surface area contributed by atoms with E-state index in [9.17, 15) is 12.8 Å². The zero-order valence-corrected chi connectivity index (χ0v) is 11.8. The van der Waals surface area contributed by atoms with Crippen LogP contribution in [0.2, 0.25) is 0 Å².